The minimum Gasteiger partial charge on any atom is -0.360 e. The third kappa shape index (κ3) is 6.58. The molecule has 2 amide bonds. The largest absolute Gasteiger partial charge is 0.360 e. The molecule has 212 valence electrons. The molecular weight excluding hydrogens is 524 g/mol. The van der Waals surface area contributed by atoms with E-state index >= 15 is 0 Å². The van der Waals surface area contributed by atoms with Gasteiger partial charge in [-0.15, -0.1) is 0 Å². The van der Waals surface area contributed by atoms with E-state index < -0.39 is 0 Å². The van der Waals surface area contributed by atoms with Crippen molar-refractivity contribution in [3.8, 4) is 11.3 Å². The molecule has 5 rings (SSSR count). The van der Waals surface area contributed by atoms with E-state index in [0.717, 1.165) is 30.2 Å². The van der Waals surface area contributed by atoms with Crippen molar-refractivity contribution in [1.29, 1.82) is 0 Å². The molecule has 4 N–H and O–H groups in total. The molecule has 0 saturated heterocycles. The number of nitrogens with one attached hydrogen (secondary N) is 2. The van der Waals surface area contributed by atoms with Crippen molar-refractivity contribution in [3.05, 3.63) is 69.9 Å². The minimum atomic E-state index is -0.346. The summed E-state index contributed by atoms with van der Waals surface area (Å²) < 4.78 is 5.34. The molecule has 0 unspecified atom stereocenters. The first-order valence-corrected chi connectivity index (χ1v) is 14.9. The normalized spacial score (nSPS) is 23.0. The fraction of sp³-hybridized carbons (Fsp3) is 0.469. The van der Waals surface area contributed by atoms with Crippen LogP contribution in [-0.4, -0.2) is 29.1 Å². The van der Waals surface area contributed by atoms with E-state index in [1.165, 1.54) is 44.9 Å². The molecule has 1 aromatic heterocycles. The van der Waals surface area contributed by atoms with Gasteiger partial charge in [-0.1, -0.05) is 35.0 Å². The molecule has 1 heterocycles. The minimum absolute atomic E-state index is 0.0680. The lowest BCUT2D eigenvalue weighted by Gasteiger charge is -2.33. The van der Waals surface area contributed by atoms with Crippen LogP contribution in [0.5, 0.6) is 0 Å². The van der Waals surface area contributed by atoms with Crippen LogP contribution >= 0.6 is 11.6 Å². The Hall–Kier alpha value is -3.16. The summed E-state index contributed by atoms with van der Waals surface area (Å²) in [6.07, 6.45) is 10.6. The average Bonchev–Trinajstić information content (AvgIpc) is 3.33. The predicted octanol–water partition coefficient (Wildman–Crippen LogP) is 7.06. The molecule has 2 aliphatic carbocycles. The predicted molar refractivity (Wildman–Crippen MR) is 159 cm³/mol. The van der Waals surface area contributed by atoms with Crippen LogP contribution in [0.3, 0.4) is 0 Å². The van der Waals surface area contributed by atoms with Crippen LogP contribution < -0.4 is 16.4 Å². The van der Waals surface area contributed by atoms with Gasteiger partial charge in [0.15, 0.2) is 0 Å². The van der Waals surface area contributed by atoms with Gasteiger partial charge in [0.05, 0.1) is 5.02 Å². The Labute approximate surface area is 241 Å². The number of benzene rings is 2. The summed E-state index contributed by atoms with van der Waals surface area (Å²) >= 11 is 6.34. The molecule has 0 radical (unpaired) electrons. The molecule has 2 aliphatic rings. The molecule has 2 saturated carbocycles. The molecule has 0 bridgehead atoms. The zero-order valence-electron chi connectivity index (χ0n) is 23.3. The molecule has 0 spiro atoms. The van der Waals surface area contributed by atoms with Crippen LogP contribution in [0.15, 0.2) is 47.0 Å². The topological polar surface area (TPSA) is 110 Å². The Bertz CT molecular complexity index is 1350. The molecule has 40 heavy (non-hydrogen) atoms. The van der Waals surface area contributed by atoms with E-state index in [4.69, 9.17) is 21.9 Å². The van der Waals surface area contributed by atoms with Crippen molar-refractivity contribution in [3.63, 3.8) is 0 Å². The Morgan fingerprint density at radius 1 is 0.950 bits per heavy atom. The van der Waals surface area contributed by atoms with Gasteiger partial charge in [-0.3, -0.25) is 9.59 Å². The highest BCUT2D eigenvalue weighted by Gasteiger charge is 2.27. The Balaban J connectivity index is 1.16. The van der Waals surface area contributed by atoms with Gasteiger partial charge in [-0.2, -0.15) is 0 Å². The van der Waals surface area contributed by atoms with Gasteiger partial charge >= 0.3 is 0 Å². The van der Waals surface area contributed by atoms with Crippen LogP contribution in [-0.2, 0) is 0 Å². The number of amides is 2. The molecule has 0 aliphatic heterocycles. The summed E-state index contributed by atoms with van der Waals surface area (Å²) in [6, 6.07) is 13.2. The summed E-state index contributed by atoms with van der Waals surface area (Å²) in [6.45, 7) is 3.58. The maximum atomic E-state index is 13.3. The second kappa shape index (κ2) is 12.6. The zero-order valence-corrected chi connectivity index (χ0v) is 24.1. The summed E-state index contributed by atoms with van der Waals surface area (Å²) in [5, 5.41) is 10.8. The number of nitrogens with two attached hydrogens (primary N) is 1. The first-order chi connectivity index (χ1) is 19.3. The van der Waals surface area contributed by atoms with E-state index in [2.05, 4.69) is 15.8 Å². The Kier molecular flexibility index (Phi) is 8.91. The van der Waals surface area contributed by atoms with Gasteiger partial charge in [-0.25, -0.2) is 0 Å². The van der Waals surface area contributed by atoms with E-state index in [-0.39, 0.29) is 17.9 Å². The number of anilines is 1. The number of carbonyl (C=O) groups is 2. The van der Waals surface area contributed by atoms with E-state index in [0.29, 0.717) is 44.9 Å². The summed E-state index contributed by atoms with van der Waals surface area (Å²) in [7, 11) is 0. The monoisotopic (exact) mass is 562 g/mol. The first-order valence-electron chi connectivity index (χ1n) is 14.5. The summed E-state index contributed by atoms with van der Waals surface area (Å²) in [5.41, 5.74) is 9.43. The van der Waals surface area contributed by atoms with Gasteiger partial charge in [0.1, 0.15) is 17.0 Å². The number of halogens is 1. The van der Waals surface area contributed by atoms with Crippen LogP contribution in [0.1, 0.15) is 89.8 Å². The van der Waals surface area contributed by atoms with E-state index in [1.54, 1.807) is 31.2 Å². The van der Waals surface area contributed by atoms with Crippen LogP contribution in [0.4, 0.5) is 5.69 Å². The first kappa shape index (κ1) is 28.4. The fourth-order valence-corrected chi connectivity index (χ4v) is 6.54. The highest BCUT2D eigenvalue weighted by Crippen LogP contribution is 2.35. The number of nitrogens with zero attached hydrogens (tertiary/aromatic N) is 1. The number of hydrogen-bond donors (Lipinski definition) is 3. The molecule has 3 aromatic rings. The van der Waals surface area contributed by atoms with Crippen molar-refractivity contribution in [2.45, 2.75) is 83.7 Å². The zero-order chi connectivity index (χ0) is 28.2. The second-order valence-electron chi connectivity index (χ2n) is 11.6. The van der Waals surface area contributed by atoms with Crippen LogP contribution in [0.2, 0.25) is 5.02 Å². The van der Waals surface area contributed by atoms with E-state index in [9.17, 15) is 9.59 Å². The summed E-state index contributed by atoms with van der Waals surface area (Å²) in [4.78, 5) is 26.3. The lowest BCUT2D eigenvalue weighted by atomic mass is 9.76. The van der Waals surface area contributed by atoms with Crippen molar-refractivity contribution in [2.24, 2.45) is 17.6 Å². The Morgan fingerprint density at radius 2 is 1.62 bits per heavy atom. The molecular formula is C32H39ClN4O3. The third-order valence-electron chi connectivity index (χ3n) is 8.70. The lowest BCUT2D eigenvalue weighted by Crippen LogP contribution is -2.38. The molecule has 0 atom stereocenters. The van der Waals surface area contributed by atoms with Crippen molar-refractivity contribution in [1.82, 2.24) is 10.5 Å². The SMILES string of the molecule is Cc1cc(C(=O)NC2CCC(CC3CCC(N)CC3)CC2)ccc1NC(=O)c1c(-c2ccccc2Cl)noc1C. The van der Waals surface area contributed by atoms with Gasteiger partial charge in [-0.05, 0) is 113 Å². The van der Waals surface area contributed by atoms with Gasteiger partial charge in [0, 0.05) is 28.9 Å². The van der Waals surface area contributed by atoms with Crippen LogP contribution in [0, 0.1) is 25.7 Å². The number of aromatic nitrogens is 1. The quantitative estimate of drug-likeness (QED) is 0.285. The standard InChI is InChI=1S/C32H39ClN4O3/c1-19-17-23(31(38)35-25-14-9-22(10-15-25)18-21-7-12-24(34)13-8-21)11-16-28(19)36-32(39)29-20(2)40-37-30(29)26-5-3-4-6-27(26)33/h3-6,11,16-17,21-22,24-25H,7-10,12-15,18,34H2,1-2H3,(H,35,38)(H,36,39). The number of rotatable bonds is 7. The fourth-order valence-electron chi connectivity index (χ4n) is 6.31. The maximum Gasteiger partial charge on any atom is 0.261 e. The van der Waals surface area contributed by atoms with Gasteiger partial charge in [0.25, 0.3) is 11.8 Å². The highest BCUT2D eigenvalue weighted by molar-refractivity contribution is 6.33. The van der Waals surface area contributed by atoms with Gasteiger partial charge in [0.2, 0.25) is 0 Å². The molecule has 2 aromatic carbocycles. The number of aryl methyl sites for hydroxylation is 2. The highest BCUT2D eigenvalue weighted by atomic mass is 35.5. The van der Waals surface area contributed by atoms with Crippen molar-refractivity contribution >= 4 is 29.1 Å². The molecule has 2 fully saturated rings. The van der Waals surface area contributed by atoms with Crippen molar-refractivity contribution < 1.29 is 14.1 Å². The lowest BCUT2D eigenvalue weighted by molar-refractivity contribution is 0.0918. The third-order valence-corrected chi connectivity index (χ3v) is 9.03. The number of carbonyl (C=O) groups excluding carboxylic acids is 2. The van der Waals surface area contributed by atoms with Gasteiger partial charge < -0.3 is 20.9 Å². The van der Waals surface area contributed by atoms with Crippen LogP contribution in [0.25, 0.3) is 11.3 Å². The molecule has 8 heteroatoms. The van der Waals surface area contributed by atoms with E-state index in [1.807, 2.05) is 25.1 Å². The maximum absolute atomic E-state index is 13.3. The average molecular weight is 563 g/mol. The smallest absolute Gasteiger partial charge is 0.261 e. The summed E-state index contributed by atoms with van der Waals surface area (Å²) in [5.74, 6) is 1.58. The van der Waals surface area contributed by atoms with Crippen molar-refractivity contribution in [2.75, 3.05) is 5.32 Å². The molecule has 7 nitrogen and oxygen atoms in total. The second-order valence-corrected chi connectivity index (χ2v) is 12.0. The number of hydrogen-bond acceptors (Lipinski definition) is 5. The Morgan fingerprint density at radius 3 is 2.30 bits per heavy atom.